The highest BCUT2D eigenvalue weighted by Crippen LogP contribution is 2.19. The molecule has 0 saturated carbocycles. The number of rotatable bonds is 5. The van der Waals surface area contributed by atoms with E-state index in [-0.39, 0.29) is 17.1 Å². The Hall–Kier alpha value is -1.67. The minimum atomic E-state index is -3.95. The Morgan fingerprint density at radius 3 is 2.50 bits per heavy atom. The first-order valence-corrected chi connectivity index (χ1v) is 6.56. The van der Waals surface area contributed by atoms with Gasteiger partial charge in [0.25, 0.3) is 0 Å². The first kappa shape index (κ1) is 14.4. The molecule has 1 aromatic carbocycles. The van der Waals surface area contributed by atoms with Gasteiger partial charge in [-0.2, -0.15) is 4.31 Å². The summed E-state index contributed by atoms with van der Waals surface area (Å²) in [6.45, 7) is 1.15. The van der Waals surface area contributed by atoms with Crippen LogP contribution in [0.5, 0.6) is 0 Å². The maximum atomic E-state index is 13.2. The van der Waals surface area contributed by atoms with Gasteiger partial charge in [-0.1, -0.05) is 6.92 Å². The Bertz CT molecular complexity index is 559. The van der Waals surface area contributed by atoms with Crippen LogP contribution < -0.4 is 11.5 Å². The van der Waals surface area contributed by atoms with E-state index in [4.69, 9.17) is 11.5 Å². The number of anilines is 1. The molecule has 8 heteroatoms. The highest BCUT2D eigenvalue weighted by atomic mass is 32.2. The van der Waals surface area contributed by atoms with Gasteiger partial charge in [0.05, 0.1) is 17.1 Å². The molecule has 0 radical (unpaired) electrons. The number of nitrogens with two attached hydrogens (primary N) is 2. The molecule has 0 bridgehead atoms. The maximum absolute atomic E-state index is 13.2. The van der Waals surface area contributed by atoms with Crippen LogP contribution in [-0.2, 0) is 14.8 Å². The Balaban J connectivity index is 3.18. The van der Waals surface area contributed by atoms with Crippen LogP contribution in [-0.4, -0.2) is 31.7 Å². The van der Waals surface area contributed by atoms with E-state index < -0.39 is 28.3 Å². The number of likely N-dealkylation sites (N-methyl/N-ethyl adjacent to an activating group) is 1. The zero-order valence-electron chi connectivity index (χ0n) is 9.76. The Labute approximate surface area is 104 Å². The quantitative estimate of drug-likeness (QED) is 0.732. The lowest BCUT2D eigenvalue weighted by Gasteiger charge is -2.18. The van der Waals surface area contributed by atoms with Crippen molar-refractivity contribution in [2.45, 2.75) is 11.8 Å². The smallest absolute Gasteiger partial charge is 0.243 e. The van der Waals surface area contributed by atoms with E-state index in [0.717, 1.165) is 16.4 Å². The first-order chi connectivity index (χ1) is 8.28. The molecule has 0 spiro atoms. The van der Waals surface area contributed by atoms with Crippen LogP contribution in [0.2, 0.25) is 0 Å². The standard InChI is InChI=1S/C10H14FN3O3S/c1-2-14(6-10(13)15)18(16,17)7-3-4-9(12)8(11)5-7/h3-5H,2,6,12H2,1H3,(H2,13,15). The zero-order valence-corrected chi connectivity index (χ0v) is 10.6. The molecule has 4 N–H and O–H groups in total. The van der Waals surface area contributed by atoms with Crippen LogP contribution in [0.3, 0.4) is 0 Å². The molecule has 0 unspecified atom stereocenters. The van der Waals surface area contributed by atoms with Crippen LogP contribution >= 0.6 is 0 Å². The van der Waals surface area contributed by atoms with E-state index in [1.807, 2.05) is 0 Å². The van der Waals surface area contributed by atoms with Gasteiger partial charge in [0.15, 0.2) is 0 Å². The van der Waals surface area contributed by atoms with Crippen molar-refractivity contribution in [1.29, 1.82) is 0 Å². The first-order valence-electron chi connectivity index (χ1n) is 5.12. The highest BCUT2D eigenvalue weighted by Gasteiger charge is 2.25. The van der Waals surface area contributed by atoms with E-state index in [9.17, 15) is 17.6 Å². The van der Waals surface area contributed by atoms with Crippen molar-refractivity contribution in [1.82, 2.24) is 4.31 Å². The molecule has 0 saturated heterocycles. The second kappa shape index (κ2) is 5.32. The number of primary amides is 1. The summed E-state index contributed by atoms with van der Waals surface area (Å²) in [5.74, 6) is -1.61. The van der Waals surface area contributed by atoms with Crippen LogP contribution in [0.25, 0.3) is 0 Å². The summed E-state index contributed by atoms with van der Waals surface area (Å²) in [5.41, 5.74) is 10.1. The molecule has 0 aromatic heterocycles. The van der Waals surface area contributed by atoms with Crippen molar-refractivity contribution in [3.63, 3.8) is 0 Å². The molecule has 0 aliphatic rings. The van der Waals surface area contributed by atoms with Crippen molar-refractivity contribution < 1.29 is 17.6 Å². The Morgan fingerprint density at radius 1 is 1.44 bits per heavy atom. The lowest BCUT2D eigenvalue weighted by atomic mass is 10.3. The number of hydrogen-bond acceptors (Lipinski definition) is 4. The minimum absolute atomic E-state index is 0.0528. The second-order valence-corrected chi connectivity index (χ2v) is 5.52. The van der Waals surface area contributed by atoms with Crippen molar-refractivity contribution >= 4 is 21.6 Å². The maximum Gasteiger partial charge on any atom is 0.243 e. The number of benzene rings is 1. The summed E-state index contributed by atoms with van der Waals surface area (Å²) in [4.78, 5) is 10.5. The summed E-state index contributed by atoms with van der Waals surface area (Å²) in [5, 5.41) is 0. The number of hydrogen-bond donors (Lipinski definition) is 2. The summed E-state index contributed by atoms with van der Waals surface area (Å²) in [6.07, 6.45) is 0. The molecule has 0 heterocycles. The number of carbonyl (C=O) groups excluding carboxylic acids is 1. The van der Waals surface area contributed by atoms with E-state index in [1.165, 1.54) is 6.07 Å². The van der Waals surface area contributed by atoms with E-state index in [1.54, 1.807) is 6.92 Å². The fraction of sp³-hybridized carbons (Fsp3) is 0.300. The topological polar surface area (TPSA) is 106 Å². The molecular weight excluding hydrogens is 261 g/mol. The van der Waals surface area contributed by atoms with Gasteiger partial charge in [0.1, 0.15) is 5.82 Å². The predicted molar refractivity (Wildman–Crippen MR) is 64.4 cm³/mol. The van der Waals surface area contributed by atoms with E-state index in [2.05, 4.69) is 0 Å². The van der Waals surface area contributed by atoms with Gasteiger partial charge in [-0.05, 0) is 18.2 Å². The number of carbonyl (C=O) groups is 1. The molecule has 100 valence electrons. The highest BCUT2D eigenvalue weighted by molar-refractivity contribution is 7.89. The third kappa shape index (κ3) is 2.96. The van der Waals surface area contributed by atoms with Crippen molar-refractivity contribution in [3.05, 3.63) is 24.0 Å². The molecule has 1 amide bonds. The van der Waals surface area contributed by atoms with Gasteiger partial charge in [-0.25, -0.2) is 12.8 Å². The van der Waals surface area contributed by atoms with Crippen molar-refractivity contribution in [3.8, 4) is 0 Å². The van der Waals surface area contributed by atoms with Crippen LogP contribution in [0.4, 0.5) is 10.1 Å². The van der Waals surface area contributed by atoms with Gasteiger partial charge in [0, 0.05) is 6.54 Å². The molecule has 18 heavy (non-hydrogen) atoms. The Morgan fingerprint density at radius 2 is 2.06 bits per heavy atom. The van der Waals surface area contributed by atoms with Crippen molar-refractivity contribution in [2.75, 3.05) is 18.8 Å². The summed E-state index contributed by atoms with van der Waals surface area (Å²) in [7, 11) is -3.95. The number of halogens is 1. The van der Waals surface area contributed by atoms with Gasteiger partial charge in [0.2, 0.25) is 15.9 Å². The molecule has 0 aliphatic heterocycles. The fourth-order valence-corrected chi connectivity index (χ4v) is 2.79. The van der Waals surface area contributed by atoms with Crippen LogP contribution in [0, 0.1) is 5.82 Å². The normalized spacial score (nSPS) is 11.7. The molecule has 1 rings (SSSR count). The number of nitrogens with zero attached hydrogens (tertiary/aromatic N) is 1. The van der Waals surface area contributed by atoms with Crippen LogP contribution in [0.15, 0.2) is 23.1 Å². The van der Waals surface area contributed by atoms with Gasteiger partial charge >= 0.3 is 0 Å². The minimum Gasteiger partial charge on any atom is -0.396 e. The number of amides is 1. The second-order valence-electron chi connectivity index (χ2n) is 3.58. The van der Waals surface area contributed by atoms with E-state index >= 15 is 0 Å². The average Bonchev–Trinajstić information content (AvgIpc) is 2.28. The SMILES string of the molecule is CCN(CC(N)=O)S(=O)(=O)c1ccc(N)c(F)c1. The lowest BCUT2D eigenvalue weighted by Crippen LogP contribution is -2.38. The largest absolute Gasteiger partial charge is 0.396 e. The number of nitrogen functional groups attached to an aromatic ring is 1. The van der Waals surface area contributed by atoms with Gasteiger partial charge in [-0.15, -0.1) is 0 Å². The van der Waals surface area contributed by atoms with Crippen molar-refractivity contribution in [2.24, 2.45) is 5.73 Å². The summed E-state index contributed by atoms with van der Waals surface area (Å²) in [6, 6.07) is 3.14. The monoisotopic (exact) mass is 275 g/mol. The molecule has 0 atom stereocenters. The zero-order chi connectivity index (χ0) is 13.9. The summed E-state index contributed by atoms with van der Waals surface area (Å²) < 4.78 is 38.2. The molecular formula is C10H14FN3O3S. The van der Waals surface area contributed by atoms with E-state index in [0.29, 0.717) is 0 Å². The Kier molecular flexibility index (Phi) is 4.25. The molecule has 0 fully saturated rings. The fourth-order valence-electron chi connectivity index (χ4n) is 1.36. The van der Waals surface area contributed by atoms with Crippen LogP contribution in [0.1, 0.15) is 6.92 Å². The lowest BCUT2D eigenvalue weighted by molar-refractivity contribution is -0.118. The molecule has 6 nitrogen and oxygen atoms in total. The third-order valence-electron chi connectivity index (χ3n) is 2.29. The van der Waals surface area contributed by atoms with Gasteiger partial charge < -0.3 is 11.5 Å². The van der Waals surface area contributed by atoms with Gasteiger partial charge in [-0.3, -0.25) is 4.79 Å². The predicted octanol–water partition coefficient (Wildman–Crippen LogP) is -0.0962. The average molecular weight is 275 g/mol. The molecule has 0 aliphatic carbocycles. The number of sulfonamides is 1. The third-order valence-corrected chi connectivity index (χ3v) is 4.21. The summed E-state index contributed by atoms with van der Waals surface area (Å²) >= 11 is 0. The molecule has 1 aromatic rings.